The van der Waals surface area contributed by atoms with Gasteiger partial charge in [0.1, 0.15) is 12.6 Å². The van der Waals surface area contributed by atoms with E-state index in [1.165, 1.54) is 0 Å². The van der Waals surface area contributed by atoms with Crippen molar-refractivity contribution in [2.45, 2.75) is 23.8 Å². The number of benzene rings is 1. The highest BCUT2D eigenvalue weighted by molar-refractivity contribution is 7.98. The Bertz CT molecular complexity index is 532. The largest absolute Gasteiger partial charge is 0.329 e. The summed E-state index contributed by atoms with van der Waals surface area (Å²) in [5.74, 6) is 0.136. The van der Waals surface area contributed by atoms with E-state index >= 15 is 0 Å². The topological polar surface area (TPSA) is 40.6 Å². The number of amides is 2. The molecular weight excluding hydrogens is 260 g/mol. The van der Waals surface area contributed by atoms with Gasteiger partial charge < -0.3 is 9.80 Å². The maximum atomic E-state index is 12.5. The fraction of sp³-hybridized carbons (Fsp3) is 0.429. The van der Waals surface area contributed by atoms with Gasteiger partial charge in [-0.3, -0.25) is 9.59 Å². The Morgan fingerprint density at radius 3 is 2.84 bits per heavy atom. The highest BCUT2D eigenvalue weighted by Crippen LogP contribution is 2.32. The van der Waals surface area contributed by atoms with Gasteiger partial charge in [0.2, 0.25) is 11.8 Å². The van der Waals surface area contributed by atoms with E-state index in [-0.39, 0.29) is 24.4 Å². The minimum atomic E-state index is -0.240. The summed E-state index contributed by atoms with van der Waals surface area (Å²) in [5.41, 5.74) is 0.861. The van der Waals surface area contributed by atoms with Gasteiger partial charge in [-0.15, -0.1) is 11.8 Å². The van der Waals surface area contributed by atoms with Crippen LogP contribution in [0.3, 0.4) is 0 Å². The Morgan fingerprint density at radius 2 is 2.05 bits per heavy atom. The first-order chi connectivity index (χ1) is 9.22. The van der Waals surface area contributed by atoms with Gasteiger partial charge in [0, 0.05) is 11.4 Å². The summed E-state index contributed by atoms with van der Waals surface area (Å²) in [7, 11) is 0. The van der Waals surface area contributed by atoms with Gasteiger partial charge in [-0.1, -0.05) is 12.1 Å². The van der Waals surface area contributed by atoms with Crippen LogP contribution in [-0.4, -0.2) is 42.1 Å². The van der Waals surface area contributed by atoms with Gasteiger partial charge in [-0.05, 0) is 31.2 Å². The van der Waals surface area contributed by atoms with Crippen LogP contribution in [0.1, 0.15) is 12.8 Å². The SMILES string of the molecule is CSc1ccccc1N1CC(=O)N2CCCC2C1=O. The lowest BCUT2D eigenvalue weighted by Crippen LogP contribution is -2.57. The number of para-hydroxylation sites is 1. The monoisotopic (exact) mass is 276 g/mol. The Labute approximate surface area is 116 Å². The van der Waals surface area contributed by atoms with Crippen molar-refractivity contribution < 1.29 is 9.59 Å². The number of hydrogen-bond acceptors (Lipinski definition) is 3. The van der Waals surface area contributed by atoms with E-state index in [4.69, 9.17) is 0 Å². The van der Waals surface area contributed by atoms with Crippen molar-refractivity contribution >= 4 is 29.3 Å². The second-order valence-electron chi connectivity index (χ2n) is 4.84. The molecule has 4 nitrogen and oxygen atoms in total. The molecule has 2 saturated heterocycles. The van der Waals surface area contributed by atoms with E-state index in [0.29, 0.717) is 0 Å². The lowest BCUT2D eigenvalue weighted by molar-refractivity contribution is -0.140. The quantitative estimate of drug-likeness (QED) is 0.773. The van der Waals surface area contributed by atoms with Gasteiger partial charge in [0.05, 0.1) is 5.69 Å². The predicted molar refractivity (Wildman–Crippen MR) is 75.3 cm³/mol. The van der Waals surface area contributed by atoms with Gasteiger partial charge in [-0.25, -0.2) is 0 Å². The lowest BCUT2D eigenvalue weighted by atomic mass is 10.1. The Kier molecular flexibility index (Phi) is 3.22. The number of nitrogens with zero attached hydrogens (tertiary/aromatic N) is 2. The van der Waals surface area contributed by atoms with E-state index in [9.17, 15) is 9.59 Å². The van der Waals surface area contributed by atoms with Crippen molar-refractivity contribution in [3.8, 4) is 0 Å². The number of carbonyl (C=O) groups excluding carboxylic acids is 2. The minimum Gasteiger partial charge on any atom is -0.329 e. The molecule has 1 aromatic rings. The smallest absolute Gasteiger partial charge is 0.250 e. The average Bonchev–Trinajstić information content (AvgIpc) is 2.93. The van der Waals surface area contributed by atoms with Crippen molar-refractivity contribution in [2.24, 2.45) is 0 Å². The third kappa shape index (κ3) is 2.02. The van der Waals surface area contributed by atoms with Crippen molar-refractivity contribution in [1.29, 1.82) is 0 Å². The Hall–Kier alpha value is -1.49. The first kappa shape index (κ1) is 12.5. The van der Waals surface area contributed by atoms with Crippen LogP contribution in [0.15, 0.2) is 29.2 Å². The standard InChI is InChI=1S/C14H16N2O2S/c1-19-12-7-3-2-5-10(12)16-9-13(17)15-8-4-6-11(15)14(16)18/h2-3,5,7,11H,4,6,8-9H2,1H3. The molecule has 0 saturated carbocycles. The summed E-state index contributed by atoms with van der Waals surface area (Å²) in [6, 6.07) is 7.53. The Morgan fingerprint density at radius 1 is 1.26 bits per heavy atom. The second kappa shape index (κ2) is 4.89. The number of hydrogen-bond donors (Lipinski definition) is 0. The fourth-order valence-electron chi connectivity index (χ4n) is 2.86. The van der Waals surface area contributed by atoms with Gasteiger partial charge in [-0.2, -0.15) is 0 Å². The molecule has 3 rings (SSSR count). The lowest BCUT2D eigenvalue weighted by Gasteiger charge is -2.36. The molecule has 1 aromatic carbocycles. The van der Waals surface area contributed by atoms with E-state index in [1.54, 1.807) is 21.6 Å². The van der Waals surface area contributed by atoms with Crippen LogP contribution in [0.5, 0.6) is 0 Å². The van der Waals surface area contributed by atoms with Crippen LogP contribution in [0, 0.1) is 0 Å². The zero-order chi connectivity index (χ0) is 13.4. The molecule has 2 aliphatic rings. The number of carbonyl (C=O) groups is 2. The molecule has 1 unspecified atom stereocenters. The molecule has 0 aliphatic carbocycles. The highest BCUT2D eigenvalue weighted by Gasteiger charge is 2.42. The van der Waals surface area contributed by atoms with E-state index in [0.717, 1.165) is 30.0 Å². The highest BCUT2D eigenvalue weighted by atomic mass is 32.2. The van der Waals surface area contributed by atoms with Crippen LogP contribution in [0.2, 0.25) is 0 Å². The van der Waals surface area contributed by atoms with E-state index in [1.807, 2.05) is 30.5 Å². The average molecular weight is 276 g/mol. The molecule has 2 heterocycles. The molecule has 0 radical (unpaired) electrons. The van der Waals surface area contributed by atoms with Gasteiger partial charge in [0.15, 0.2) is 0 Å². The van der Waals surface area contributed by atoms with Crippen LogP contribution >= 0.6 is 11.8 Å². The molecule has 0 bridgehead atoms. The van der Waals surface area contributed by atoms with Crippen molar-refractivity contribution in [2.75, 3.05) is 24.2 Å². The summed E-state index contributed by atoms with van der Waals surface area (Å²) in [5, 5.41) is 0. The fourth-order valence-corrected chi connectivity index (χ4v) is 3.46. The number of piperazine rings is 1. The summed E-state index contributed by atoms with van der Waals surface area (Å²) < 4.78 is 0. The number of fused-ring (bicyclic) bond motifs is 1. The zero-order valence-electron chi connectivity index (χ0n) is 10.8. The second-order valence-corrected chi connectivity index (χ2v) is 5.69. The summed E-state index contributed by atoms with van der Waals surface area (Å²) in [6.07, 6.45) is 3.71. The summed E-state index contributed by atoms with van der Waals surface area (Å²) >= 11 is 1.60. The van der Waals surface area contributed by atoms with Gasteiger partial charge in [0.25, 0.3) is 0 Å². The first-order valence-electron chi connectivity index (χ1n) is 6.46. The number of rotatable bonds is 2. The third-order valence-electron chi connectivity index (χ3n) is 3.79. The molecule has 0 spiro atoms. The van der Waals surface area contributed by atoms with E-state index < -0.39 is 0 Å². The molecule has 19 heavy (non-hydrogen) atoms. The predicted octanol–water partition coefficient (Wildman–Crippen LogP) is 1.75. The molecule has 0 aromatic heterocycles. The molecular formula is C14H16N2O2S. The van der Waals surface area contributed by atoms with Gasteiger partial charge >= 0.3 is 0 Å². The molecule has 5 heteroatoms. The molecule has 2 fully saturated rings. The van der Waals surface area contributed by atoms with Crippen LogP contribution < -0.4 is 4.90 Å². The molecule has 100 valence electrons. The Balaban J connectivity index is 1.96. The van der Waals surface area contributed by atoms with Crippen LogP contribution in [0.4, 0.5) is 5.69 Å². The maximum Gasteiger partial charge on any atom is 0.250 e. The maximum absolute atomic E-state index is 12.5. The molecule has 2 aliphatic heterocycles. The van der Waals surface area contributed by atoms with Crippen molar-refractivity contribution in [3.05, 3.63) is 24.3 Å². The minimum absolute atomic E-state index is 0.0676. The molecule has 2 amide bonds. The van der Waals surface area contributed by atoms with E-state index in [2.05, 4.69) is 0 Å². The summed E-state index contributed by atoms with van der Waals surface area (Å²) in [6.45, 7) is 0.903. The van der Waals surface area contributed by atoms with Crippen LogP contribution in [0.25, 0.3) is 0 Å². The van der Waals surface area contributed by atoms with Crippen molar-refractivity contribution in [1.82, 2.24) is 4.90 Å². The zero-order valence-corrected chi connectivity index (χ0v) is 11.7. The van der Waals surface area contributed by atoms with Crippen molar-refractivity contribution in [3.63, 3.8) is 0 Å². The third-order valence-corrected chi connectivity index (χ3v) is 4.58. The molecule has 1 atom stereocenters. The molecule has 0 N–H and O–H groups in total. The number of anilines is 1. The first-order valence-corrected chi connectivity index (χ1v) is 7.68. The number of thioether (sulfide) groups is 1. The normalized spacial score (nSPS) is 22.9. The van der Waals surface area contributed by atoms with Crippen LogP contribution in [-0.2, 0) is 9.59 Å². The summed E-state index contributed by atoms with van der Waals surface area (Å²) in [4.78, 5) is 29.1.